The summed E-state index contributed by atoms with van der Waals surface area (Å²) in [5, 5.41) is 2.96. The third-order valence-corrected chi connectivity index (χ3v) is 4.43. The number of likely N-dealkylation sites (tertiary alicyclic amines) is 1. The number of rotatable bonds is 8. The van der Waals surface area contributed by atoms with Gasteiger partial charge in [-0.05, 0) is 45.8 Å². The number of hydrogen-bond donors (Lipinski definition) is 1. The highest BCUT2D eigenvalue weighted by Gasteiger charge is 2.20. The minimum absolute atomic E-state index is 0.00217. The molecule has 1 N–H and O–H groups in total. The lowest BCUT2D eigenvalue weighted by Crippen LogP contribution is -2.41. The summed E-state index contributed by atoms with van der Waals surface area (Å²) in [5.41, 5.74) is 0.522. The van der Waals surface area contributed by atoms with Gasteiger partial charge < -0.3 is 19.5 Å². The molecule has 0 spiro atoms. The van der Waals surface area contributed by atoms with Gasteiger partial charge in [-0.15, -0.1) is 0 Å². The second kappa shape index (κ2) is 9.47. The third kappa shape index (κ3) is 5.67. The first-order valence-corrected chi connectivity index (χ1v) is 8.90. The van der Waals surface area contributed by atoms with Gasteiger partial charge in [0.15, 0.2) is 0 Å². The predicted molar refractivity (Wildman–Crippen MR) is 92.8 cm³/mol. The molecule has 2 heterocycles. The lowest BCUT2D eigenvalue weighted by atomic mass is 10.1. The molecule has 1 aliphatic heterocycles. The van der Waals surface area contributed by atoms with Crippen LogP contribution in [0.3, 0.4) is 0 Å². The molecule has 0 aliphatic carbocycles. The zero-order valence-electron chi connectivity index (χ0n) is 14.8. The Hall–Kier alpha value is -1.82. The largest absolute Gasteiger partial charge is 0.472 e. The molecule has 0 radical (unpaired) electrons. The molecule has 6 nitrogen and oxygen atoms in total. The Balaban J connectivity index is 1.71. The van der Waals surface area contributed by atoms with Gasteiger partial charge in [-0.3, -0.25) is 9.59 Å². The first-order valence-electron chi connectivity index (χ1n) is 8.90. The number of piperidine rings is 1. The van der Waals surface area contributed by atoms with Gasteiger partial charge in [0.1, 0.15) is 6.26 Å². The van der Waals surface area contributed by atoms with Crippen LogP contribution >= 0.6 is 0 Å². The van der Waals surface area contributed by atoms with Crippen LogP contribution in [0.5, 0.6) is 0 Å². The number of nitrogens with one attached hydrogen (secondary N) is 1. The Morgan fingerprint density at radius 1 is 1.29 bits per heavy atom. The van der Waals surface area contributed by atoms with E-state index in [1.807, 2.05) is 13.8 Å². The van der Waals surface area contributed by atoms with E-state index in [2.05, 4.69) is 10.2 Å². The number of furan rings is 1. The molecule has 0 atom stereocenters. The zero-order chi connectivity index (χ0) is 17.4. The normalized spacial score (nSPS) is 15.5. The van der Waals surface area contributed by atoms with Crippen LogP contribution in [0.4, 0.5) is 0 Å². The van der Waals surface area contributed by atoms with Crippen molar-refractivity contribution in [2.24, 2.45) is 0 Å². The molecule has 1 fully saturated rings. The molecule has 1 aliphatic rings. The molecular weight excluding hydrogens is 306 g/mol. The zero-order valence-corrected chi connectivity index (χ0v) is 14.8. The first-order chi connectivity index (χ1) is 11.6. The van der Waals surface area contributed by atoms with E-state index in [1.165, 1.54) is 31.8 Å². The van der Waals surface area contributed by atoms with Crippen molar-refractivity contribution in [3.63, 3.8) is 0 Å². The van der Waals surface area contributed by atoms with Crippen molar-refractivity contribution in [2.75, 3.05) is 32.7 Å². The molecule has 1 saturated heterocycles. The van der Waals surface area contributed by atoms with Crippen molar-refractivity contribution >= 4 is 11.8 Å². The Morgan fingerprint density at radius 3 is 2.67 bits per heavy atom. The van der Waals surface area contributed by atoms with Crippen LogP contribution in [-0.2, 0) is 4.79 Å². The number of carbonyl (C=O) groups is 2. The van der Waals surface area contributed by atoms with Gasteiger partial charge in [0, 0.05) is 32.1 Å². The van der Waals surface area contributed by atoms with E-state index in [-0.39, 0.29) is 17.9 Å². The highest BCUT2D eigenvalue weighted by Crippen LogP contribution is 2.10. The number of nitrogens with zero attached hydrogens (tertiary/aromatic N) is 2. The Bertz CT molecular complexity index is 508. The van der Waals surface area contributed by atoms with Crippen molar-refractivity contribution < 1.29 is 14.0 Å². The molecule has 0 saturated carbocycles. The molecule has 6 heteroatoms. The fourth-order valence-electron chi connectivity index (χ4n) is 2.99. The molecule has 2 rings (SSSR count). The standard InChI is InChI=1S/C18H29N3O3/c1-15(2)21(18(23)16-7-13-24-14-16)11-6-17(22)19-8-12-20-9-4-3-5-10-20/h7,13-15H,3-6,8-12H2,1-2H3,(H,19,22). The summed E-state index contributed by atoms with van der Waals surface area (Å²) in [5.74, 6) is -0.0995. The van der Waals surface area contributed by atoms with Crippen molar-refractivity contribution in [3.8, 4) is 0 Å². The average molecular weight is 335 g/mol. The van der Waals surface area contributed by atoms with E-state index in [9.17, 15) is 9.59 Å². The topological polar surface area (TPSA) is 65.8 Å². The van der Waals surface area contributed by atoms with Gasteiger partial charge >= 0.3 is 0 Å². The van der Waals surface area contributed by atoms with E-state index in [4.69, 9.17) is 4.42 Å². The van der Waals surface area contributed by atoms with Crippen LogP contribution in [-0.4, -0.2) is 60.4 Å². The third-order valence-electron chi connectivity index (χ3n) is 4.43. The number of carbonyl (C=O) groups excluding carboxylic acids is 2. The molecule has 2 amide bonds. The molecule has 1 aromatic heterocycles. The van der Waals surface area contributed by atoms with Crippen molar-refractivity contribution in [1.29, 1.82) is 0 Å². The van der Waals surface area contributed by atoms with Crippen LogP contribution in [0.2, 0.25) is 0 Å². The summed E-state index contributed by atoms with van der Waals surface area (Å²) < 4.78 is 4.97. The van der Waals surface area contributed by atoms with E-state index < -0.39 is 0 Å². The van der Waals surface area contributed by atoms with E-state index in [0.717, 1.165) is 19.6 Å². The maximum atomic E-state index is 12.4. The van der Waals surface area contributed by atoms with Crippen LogP contribution in [0, 0.1) is 0 Å². The van der Waals surface area contributed by atoms with E-state index >= 15 is 0 Å². The second-order valence-corrected chi connectivity index (χ2v) is 6.61. The quantitative estimate of drug-likeness (QED) is 0.790. The monoisotopic (exact) mass is 335 g/mol. The molecular formula is C18H29N3O3. The van der Waals surface area contributed by atoms with Gasteiger partial charge in [-0.2, -0.15) is 0 Å². The van der Waals surface area contributed by atoms with Crippen molar-refractivity contribution in [3.05, 3.63) is 24.2 Å². The van der Waals surface area contributed by atoms with Crippen molar-refractivity contribution in [2.45, 2.75) is 45.6 Å². The summed E-state index contributed by atoms with van der Waals surface area (Å²) >= 11 is 0. The fourth-order valence-corrected chi connectivity index (χ4v) is 2.99. The fraction of sp³-hybridized carbons (Fsp3) is 0.667. The molecule has 1 aromatic rings. The van der Waals surface area contributed by atoms with Crippen LogP contribution in [0.1, 0.15) is 49.9 Å². The highest BCUT2D eigenvalue weighted by molar-refractivity contribution is 5.94. The van der Waals surface area contributed by atoms with E-state index in [1.54, 1.807) is 11.0 Å². The maximum Gasteiger partial charge on any atom is 0.257 e. The van der Waals surface area contributed by atoms with Crippen LogP contribution in [0.25, 0.3) is 0 Å². The molecule has 0 aromatic carbocycles. The minimum atomic E-state index is -0.0973. The molecule has 24 heavy (non-hydrogen) atoms. The number of amides is 2. The first kappa shape index (κ1) is 18.5. The van der Waals surface area contributed by atoms with Crippen LogP contribution in [0.15, 0.2) is 23.0 Å². The smallest absolute Gasteiger partial charge is 0.257 e. The Morgan fingerprint density at radius 2 is 2.04 bits per heavy atom. The predicted octanol–water partition coefficient (Wildman–Crippen LogP) is 2.12. The highest BCUT2D eigenvalue weighted by atomic mass is 16.3. The summed E-state index contributed by atoms with van der Waals surface area (Å²) in [6.07, 6.45) is 7.08. The number of hydrogen-bond acceptors (Lipinski definition) is 4. The molecule has 0 bridgehead atoms. The van der Waals surface area contributed by atoms with Gasteiger partial charge in [0.2, 0.25) is 5.91 Å². The minimum Gasteiger partial charge on any atom is -0.472 e. The summed E-state index contributed by atoms with van der Waals surface area (Å²) in [7, 11) is 0. The molecule has 0 unspecified atom stereocenters. The van der Waals surface area contributed by atoms with E-state index in [0.29, 0.717) is 25.1 Å². The Labute approximate surface area is 144 Å². The lowest BCUT2D eigenvalue weighted by Gasteiger charge is -2.27. The second-order valence-electron chi connectivity index (χ2n) is 6.61. The van der Waals surface area contributed by atoms with Gasteiger partial charge in [-0.1, -0.05) is 6.42 Å². The maximum absolute atomic E-state index is 12.4. The molecule has 134 valence electrons. The van der Waals surface area contributed by atoms with Gasteiger partial charge in [-0.25, -0.2) is 0 Å². The SMILES string of the molecule is CC(C)N(CCC(=O)NCCN1CCCCC1)C(=O)c1ccoc1. The summed E-state index contributed by atoms with van der Waals surface area (Å²) in [6, 6.07) is 1.68. The Kier molecular flexibility index (Phi) is 7.31. The summed E-state index contributed by atoms with van der Waals surface area (Å²) in [6.45, 7) is 8.17. The van der Waals surface area contributed by atoms with Crippen molar-refractivity contribution in [1.82, 2.24) is 15.1 Å². The average Bonchev–Trinajstić information content (AvgIpc) is 3.10. The lowest BCUT2D eigenvalue weighted by molar-refractivity contribution is -0.121. The van der Waals surface area contributed by atoms with Gasteiger partial charge in [0.25, 0.3) is 5.91 Å². The van der Waals surface area contributed by atoms with Crippen LogP contribution < -0.4 is 5.32 Å². The van der Waals surface area contributed by atoms with Gasteiger partial charge in [0.05, 0.1) is 11.8 Å². The summed E-state index contributed by atoms with van der Waals surface area (Å²) in [4.78, 5) is 28.5.